The molecule has 2 saturated heterocycles. The van der Waals surface area contributed by atoms with E-state index in [4.69, 9.17) is 0 Å². The van der Waals surface area contributed by atoms with E-state index in [1.165, 1.54) is 6.08 Å². The van der Waals surface area contributed by atoms with E-state index in [-0.39, 0.29) is 5.91 Å². The molecule has 0 atom stereocenters. The standard InChI is InChI=1S/C16H27N3O2/c1-3-15(20)18-7-5-14(6-8-18)13-16(21)19-11-9-17(4-2)10-12-19/h3,14H,1,4-13H2,2H3. The van der Waals surface area contributed by atoms with Crippen molar-refractivity contribution in [1.29, 1.82) is 0 Å². The minimum atomic E-state index is 0.00969. The molecule has 0 aromatic carbocycles. The van der Waals surface area contributed by atoms with Crippen LogP contribution in [0.5, 0.6) is 0 Å². The van der Waals surface area contributed by atoms with Crippen molar-refractivity contribution in [1.82, 2.24) is 14.7 Å². The van der Waals surface area contributed by atoms with Crippen molar-refractivity contribution in [3.8, 4) is 0 Å². The third-order valence-electron chi connectivity index (χ3n) is 4.74. The van der Waals surface area contributed by atoms with E-state index in [0.717, 1.165) is 58.7 Å². The Morgan fingerprint density at radius 3 is 2.19 bits per heavy atom. The largest absolute Gasteiger partial charge is 0.340 e. The minimum Gasteiger partial charge on any atom is -0.340 e. The topological polar surface area (TPSA) is 43.9 Å². The highest BCUT2D eigenvalue weighted by atomic mass is 16.2. The summed E-state index contributed by atoms with van der Waals surface area (Å²) in [4.78, 5) is 30.1. The van der Waals surface area contributed by atoms with Crippen molar-refractivity contribution in [2.75, 3.05) is 45.8 Å². The fourth-order valence-electron chi connectivity index (χ4n) is 3.18. The van der Waals surface area contributed by atoms with Gasteiger partial charge in [-0.2, -0.15) is 0 Å². The van der Waals surface area contributed by atoms with Gasteiger partial charge in [0.1, 0.15) is 0 Å². The van der Waals surface area contributed by atoms with E-state index in [1.807, 2.05) is 9.80 Å². The van der Waals surface area contributed by atoms with Crippen LogP contribution in [-0.4, -0.2) is 72.3 Å². The number of piperidine rings is 1. The highest BCUT2D eigenvalue weighted by Crippen LogP contribution is 2.22. The fourth-order valence-corrected chi connectivity index (χ4v) is 3.18. The lowest BCUT2D eigenvalue weighted by atomic mass is 9.93. The molecule has 2 fully saturated rings. The first kappa shape index (κ1) is 16.0. The number of rotatable bonds is 4. The van der Waals surface area contributed by atoms with Gasteiger partial charge in [0.05, 0.1) is 0 Å². The van der Waals surface area contributed by atoms with Gasteiger partial charge in [-0.3, -0.25) is 9.59 Å². The molecular formula is C16H27N3O2. The predicted octanol–water partition coefficient (Wildman–Crippen LogP) is 0.965. The van der Waals surface area contributed by atoms with Crippen LogP contribution in [0.25, 0.3) is 0 Å². The zero-order valence-electron chi connectivity index (χ0n) is 13.1. The maximum absolute atomic E-state index is 12.3. The summed E-state index contributed by atoms with van der Waals surface area (Å²) in [7, 11) is 0. The zero-order valence-corrected chi connectivity index (χ0v) is 13.1. The Kier molecular flexibility index (Phi) is 5.79. The summed E-state index contributed by atoms with van der Waals surface area (Å²) >= 11 is 0. The van der Waals surface area contributed by atoms with Gasteiger partial charge in [-0.1, -0.05) is 13.5 Å². The van der Waals surface area contributed by atoms with Crippen LogP contribution in [-0.2, 0) is 9.59 Å². The number of likely N-dealkylation sites (tertiary alicyclic amines) is 1. The van der Waals surface area contributed by atoms with Gasteiger partial charge in [-0.25, -0.2) is 0 Å². The summed E-state index contributed by atoms with van der Waals surface area (Å²) in [5.74, 6) is 0.727. The summed E-state index contributed by atoms with van der Waals surface area (Å²) in [6.07, 6.45) is 3.88. The molecule has 5 nitrogen and oxygen atoms in total. The quantitative estimate of drug-likeness (QED) is 0.725. The van der Waals surface area contributed by atoms with Crippen LogP contribution in [0, 0.1) is 5.92 Å². The SMILES string of the molecule is C=CC(=O)N1CCC(CC(=O)N2CCN(CC)CC2)CC1. The van der Waals surface area contributed by atoms with Crippen LogP contribution in [0.3, 0.4) is 0 Å². The maximum atomic E-state index is 12.3. The van der Waals surface area contributed by atoms with Crippen molar-refractivity contribution >= 4 is 11.8 Å². The van der Waals surface area contributed by atoms with Gasteiger partial charge in [-0.15, -0.1) is 0 Å². The summed E-state index contributed by atoms with van der Waals surface area (Å²) in [6, 6.07) is 0. The van der Waals surface area contributed by atoms with E-state index in [0.29, 0.717) is 18.2 Å². The highest BCUT2D eigenvalue weighted by molar-refractivity contribution is 5.87. The number of carbonyl (C=O) groups is 2. The second-order valence-corrected chi connectivity index (χ2v) is 5.99. The molecule has 0 saturated carbocycles. The molecule has 0 N–H and O–H groups in total. The molecule has 5 heteroatoms. The van der Waals surface area contributed by atoms with E-state index in [1.54, 1.807) is 0 Å². The summed E-state index contributed by atoms with van der Waals surface area (Å²) in [5.41, 5.74) is 0. The molecule has 0 radical (unpaired) electrons. The molecule has 2 aliphatic heterocycles. The molecule has 2 aliphatic rings. The van der Waals surface area contributed by atoms with Crippen LogP contribution in [0.4, 0.5) is 0 Å². The van der Waals surface area contributed by atoms with E-state index in [9.17, 15) is 9.59 Å². The molecule has 0 spiro atoms. The van der Waals surface area contributed by atoms with Gasteiger partial charge in [0.15, 0.2) is 0 Å². The molecule has 2 rings (SSSR count). The molecule has 0 aromatic heterocycles. The van der Waals surface area contributed by atoms with Crippen molar-refractivity contribution in [2.45, 2.75) is 26.2 Å². The molecular weight excluding hydrogens is 266 g/mol. The highest BCUT2D eigenvalue weighted by Gasteiger charge is 2.26. The number of hydrogen-bond acceptors (Lipinski definition) is 3. The summed E-state index contributed by atoms with van der Waals surface area (Å²) in [5, 5.41) is 0. The average Bonchev–Trinajstić information content (AvgIpc) is 2.55. The van der Waals surface area contributed by atoms with Crippen molar-refractivity contribution in [3.05, 3.63) is 12.7 Å². The van der Waals surface area contributed by atoms with Crippen molar-refractivity contribution < 1.29 is 9.59 Å². The lowest BCUT2D eigenvalue weighted by Gasteiger charge is -2.36. The maximum Gasteiger partial charge on any atom is 0.245 e. The van der Waals surface area contributed by atoms with Gasteiger partial charge >= 0.3 is 0 Å². The lowest BCUT2D eigenvalue weighted by Crippen LogP contribution is -2.49. The van der Waals surface area contributed by atoms with E-state index < -0.39 is 0 Å². The molecule has 0 unspecified atom stereocenters. The Balaban J connectivity index is 1.72. The smallest absolute Gasteiger partial charge is 0.245 e. The molecule has 118 valence electrons. The Morgan fingerprint density at radius 2 is 1.67 bits per heavy atom. The van der Waals surface area contributed by atoms with Gasteiger partial charge < -0.3 is 14.7 Å². The molecule has 21 heavy (non-hydrogen) atoms. The molecule has 0 aliphatic carbocycles. The molecule has 2 amide bonds. The van der Waals surface area contributed by atoms with E-state index in [2.05, 4.69) is 18.4 Å². The van der Waals surface area contributed by atoms with Gasteiger partial charge in [0, 0.05) is 45.7 Å². The number of amides is 2. The second-order valence-electron chi connectivity index (χ2n) is 5.99. The fraction of sp³-hybridized carbons (Fsp3) is 0.750. The van der Waals surface area contributed by atoms with Crippen molar-refractivity contribution in [3.63, 3.8) is 0 Å². The average molecular weight is 293 g/mol. The van der Waals surface area contributed by atoms with Crippen LogP contribution < -0.4 is 0 Å². The first-order valence-electron chi connectivity index (χ1n) is 8.05. The predicted molar refractivity (Wildman–Crippen MR) is 82.8 cm³/mol. The minimum absolute atomic E-state index is 0.00969. The van der Waals surface area contributed by atoms with Crippen LogP contribution in [0.15, 0.2) is 12.7 Å². The number of hydrogen-bond donors (Lipinski definition) is 0. The first-order valence-corrected chi connectivity index (χ1v) is 8.05. The molecule has 2 heterocycles. The van der Waals surface area contributed by atoms with Gasteiger partial charge in [-0.05, 0) is 31.4 Å². The number of piperazine rings is 1. The summed E-state index contributed by atoms with van der Waals surface area (Å²) in [6.45, 7) is 12.0. The first-order chi connectivity index (χ1) is 10.1. The summed E-state index contributed by atoms with van der Waals surface area (Å²) < 4.78 is 0. The normalized spacial score (nSPS) is 21.4. The Hall–Kier alpha value is -1.36. The van der Waals surface area contributed by atoms with Gasteiger partial charge in [0.25, 0.3) is 0 Å². The lowest BCUT2D eigenvalue weighted by molar-refractivity contribution is -0.134. The number of nitrogens with zero attached hydrogens (tertiary/aromatic N) is 3. The Morgan fingerprint density at radius 1 is 1.05 bits per heavy atom. The molecule has 0 aromatic rings. The van der Waals surface area contributed by atoms with Crippen molar-refractivity contribution in [2.24, 2.45) is 5.92 Å². The number of carbonyl (C=O) groups excluding carboxylic acids is 2. The third kappa shape index (κ3) is 4.30. The number of likely N-dealkylation sites (N-methyl/N-ethyl adjacent to an activating group) is 1. The zero-order chi connectivity index (χ0) is 15.2. The van der Waals surface area contributed by atoms with E-state index >= 15 is 0 Å². The Bertz CT molecular complexity index is 381. The Labute approximate surface area is 127 Å². The molecule has 0 bridgehead atoms. The van der Waals surface area contributed by atoms with Gasteiger partial charge in [0.2, 0.25) is 11.8 Å². The van der Waals surface area contributed by atoms with Crippen LogP contribution in [0.2, 0.25) is 0 Å². The third-order valence-corrected chi connectivity index (χ3v) is 4.74. The second kappa shape index (κ2) is 7.59. The van der Waals surface area contributed by atoms with Crippen LogP contribution in [0.1, 0.15) is 26.2 Å². The van der Waals surface area contributed by atoms with Crippen LogP contribution >= 0.6 is 0 Å². The monoisotopic (exact) mass is 293 g/mol.